The van der Waals surface area contributed by atoms with Crippen molar-refractivity contribution < 1.29 is 0 Å². The second-order valence-electron chi connectivity index (χ2n) is 5.83. The molecular weight excluding hydrogens is 312 g/mol. The average molecular weight is 339 g/mol. The molecule has 112 valence electrons. The largest absolute Gasteiger partial charge is 0.371 e. The minimum absolute atomic E-state index is 0.409. The van der Waals surface area contributed by atoms with E-state index in [9.17, 15) is 0 Å². The van der Waals surface area contributed by atoms with Crippen LogP contribution in [0.25, 0.3) is 0 Å². The summed E-state index contributed by atoms with van der Waals surface area (Å²) in [7, 11) is 0. The summed E-state index contributed by atoms with van der Waals surface area (Å²) in [6.07, 6.45) is 4.23. The number of benzene rings is 1. The lowest BCUT2D eigenvalue weighted by molar-refractivity contribution is 0.318. The molecule has 0 aliphatic heterocycles. The Labute approximate surface area is 132 Å². The van der Waals surface area contributed by atoms with E-state index in [0.717, 1.165) is 19.0 Å². The molecule has 1 unspecified atom stereocenters. The predicted octanol–water partition coefficient (Wildman–Crippen LogP) is 4.75. The molecule has 1 N–H and O–H groups in total. The quantitative estimate of drug-likeness (QED) is 0.771. The van der Waals surface area contributed by atoms with E-state index in [-0.39, 0.29) is 0 Å². The Hall–Kier alpha value is -0.540. The zero-order chi connectivity index (χ0) is 14.5. The van der Waals surface area contributed by atoms with Gasteiger partial charge in [-0.05, 0) is 72.8 Å². The molecule has 1 atom stereocenters. The van der Waals surface area contributed by atoms with Gasteiger partial charge in [-0.1, -0.05) is 19.4 Å². The monoisotopic (exact) mass is 338 g/mol. The Bertz CT molecular complexity index is 429. The van der Waals surface area contributed by atoms with E-state index >= 15 is 0 Å². The number of anilines is 1. The highest BCUT2D eigenvalue weighted by molar-refractivity contribution is 9.10. The average Bonchev–Trinajstić information content (AvgIpc) is 2.39. The third kappa shape index (κ3) is 3.76. The Morgan fingerprint density at radius 3 is 2.60 bits per heavy atom. The molecule has 1 aromatic carbocycles. The molecule has 0 bridgehead atoms. The molecule has 1 aliphatic carbocycles. The summed E-state index contributed by atoms with van der Waals surface area (Å²) in [5.41, 5.74) is 2.69. The van der Waals surface area contributed by atoms with Gasteiger partial charge in [-0.3, -0.25) is 0 Å². The smallest absolute Gasteiger partial charge is 0.0510 e. The maximum absolute atomic E-state index is 3.77. The van der Waals surface area contributed by atoms with Crippen molar-refractivity contribution in [1.29, 1.82) is 0 Å². The van der Waals surface area contributed by atoms with Gasteiger partial charge in [0.2, 0.25) is 0 Å². The van der Waals surface area contributed by atoms with E-state index in [0.29, 0.717) is 6.04 Å². The molecular formula is C17H27BrN2. The number of rotatable bonds is 7. The minimum Gasteiger partial charge on any atom is -0.371 e. The number of nitrogens with zero attached hydrogens (tertiary/aromatic N) is 1. The number of halogens is 1. The zero-order valence-corrected chi connectivity index (χ0v) is 14.5. The molecule has 0 aromatic heterocycles. The topological polar surface area (TPSA) is 15.3 Å². The zero-order valence-electron chi connectivity index (χ0n) is 13.0. The van der Waals surface area contributed by atoms with E-state index in [1.165, 1.54) is 41.5 Å². The number of hydrogen-bond donors (Lipinski definition) is 1. The van der Waals surface area contributed by atoms with Gasteiger partial charge in [0.05, 0.1) is 5.69 Å². The number of hydrogen-bond acceptors (Lipinski definition) is 2. The van der Waals surface area contributed by atoms with Crippen LogP contribution in [-0.4, -0.2) is 19.6 Å². The van der Waals surface area contributed by atoms with E-state index in [1.54, 1.807) is 0 Å². The number of nitrogens with one attached hydrogen (secondary N) is 1. The van der Waals surface area contributed by atoms with Crippen molar-refractivity contribution in [1.82, 2.24) is 5.32 Å². The van der Waals surface area contributed by atoms with Crippen LogP contribution in [0, 0.1) is 5.92 Å². The molecule has 0 saturated heterocycles. The third-order valence-electron chi connectivity index (χ3n) is 4.41. The van der Waals surface area contributed by atoms with Gasteiger partial charge < -0.3 is 10.2 Å². The van der Waals surface area contributed by atoms with Crippen LogP contribution in [0.3, 0.4) is 0 Å². The summed E-state index contributed by atoms with van der Waals surface area (Å²) >= 11 is 3.77. The van der Waals surface area contributed by atoms with Crippen molar-refractivity contribution in [2.24, 2.45) is 5.92 Å². The summed E-state index contributed by atoms with van der Waals surface area (Å²) in [6, 6.07) is 7.21. The highest BCUT2D eigenvalue weighted by Gasteiger charge is 2.21. The van der Waals surface area contributed by atoms with E-state index in [1.807, 2.05) is 0 Å². The Morgan fingerprint density at radius 2 is 2.10 bits per heavy atom. The van der Waals surface area contributed by atoms with Gasteiger partial charge in [-0.15, -0.1) is 0 Å². The third-order valence-corrected chi connectivity index (χ3v) is 5.04. The molecule has 2 nitrogen and oxygen atoms in total. The fourth-order valence-corrected chi connectivity index (χ4v) is 3.51. The Balaban J connectivity index is 2.10. The summed E-state index contributed by atoms with van der Waals surface area (Å²) in [4.78, 5) is 2.51. The predicted molar refractivity (Wildman–Crippen MR) is 91.5 cm³/mol. The van der Waals surface area contributed by atoms with Crippen LogP contribution in [0.5, 0.6) is 0 Å². The maximum Gasteiger partial charge on any atom is 0.0510 e. The second-order valence-corrected chi connectivity index (χ2v) is 6.68. The van der Waals surface area contributed by atoms with E-state index < -0.39 is 0 Å². The maximum atomic E-state index is 3.77. The van der Waals surface area contributed by atoms with E-state index in [4.69, 9.17) is 0 Å². The SMILES string of the molecule is CCNC(C)c1ccc(N(CC)CC2CCC2)c(Br)c1. The van der Waals surface area contributed by atoms with Gasteiger partial charge in [-0.25, -0.2) is 0 Å². The van der Waals surface area contributed by atoms with Gasteiger partial charge in [0, 0.05) is 23.6 Å². The summed E-state index contributed by atoms with van der Waals surface area (Å²) < 4.78 is 1.22. The Kier molecular flexibility index (Phi) is 5.91. The molecule has 1 aliphatic rings. The van der Waals surface area contributed by atoms with Crippen molar-refractivity contribution in [3.63, 3.8) is 0 Å². The van der Waals surface area contributed by atoms with Crippen molar-refractivity contribution in [3.8, 4) is 0 Å². The lowest BCUT2D eigenvalue weighted by Crippen LogP contribution is -2.32. The molecule has 2 rings (SSSR count). The highest BCUT2D eigenvalue weighted by Crippen LogP contribution is 2.33. The van der Waals surface area contributed by atoms with Crippen LogP contribution < -0.4 is 10.2 Å². The molecule has 1 aromatic rings. The fourth-order valence-electron chi connectivity index (χ4n) is 2.86. The van der Waals surface area contributed by atoms with E-state index in [2.05, 4.69) is 65.1 Å². The van der Waals surface area contributed by atoms with Gasteiger partial charge in [0.15, 0.2) is 0 Å². The molecule has 0 spiro atoms. The standard InChI is InChI=1S/C17H27BrN2/c1-4-19-13(3)15-9-10-17(16(18)11-15)20(5-2)12-14-7-6-8-14/h9-11,13-14,19H,4-8,12H2,1-3H3. The van der Waals surface area contributed by atoms with Crippen molar-refractivity contribution >= 4 is 21.6 Å². The Morgan fingerprint density at radius 1 is 1.35 bits per heavy atom. The van der Waals surface area contributed by atoms with Crippen molar-refractivity contribution in [2.75, 3.05) is 24.5 Å². The van der Waals surface area contributed by atoms with Crippen LogP contribution >= 0.6 is 15.9 Å². The molecule has 0 amide bonds. The van der Waals surface area contributed by atoms with Crippen molar-refractivity contribution in [2.45, 2.75) is 46.1 Å². The highest BCUT2D eigenvalue weighted by atomic mass is 79.9. The lowest BCUT2D eigenvalue weighted by atomic mass is 9.85. The minimum atomic E-state index is 0.409. The van der Waals surface area contributed by atoms with Crippen LogP contribution in [0.1, 0.15) is 51.6 Å². The second kappa shape index (κ2) is 7.46. The first-order valence-electron chi connectivity index (χ1n) is 7.93. The van der Waals surface area contributed by atoms with Crippen molar-refractivity contribution in [3.05, 3.63) is 28.2 Å². The lowest BCUT2D eigenvalue weighted by Gasteiger charge is -2.34. The summed E-state index contributed by atoms with van der Waals surface area (Å²) in [5, 5.41) is 3.47. The molecule has 1 fully saturated rings. The van der Waals surface area contributed by atoms with Gasteiger partial charge >= 0.3 is 0 Å². The van der Waals surface area contributed by atoms with Crippen LogP contribution in [0.4, 0.5) is 5.69 Å². The van der Waals surface area contributed by atoms with Crippen LogP contribution in [-0.2, 0) is 0 Å². The van der Waals surface area contributed by atoms with Gasteiger partial charge in [-0.2, -0.15) is 0 Å². The van der Waals surface area contributed by atoms with Gasteiger partial charge in [0.1, 0.15) is 0 Å². The normalized spacial score (nSPS) is 16.8. The summed E-state index contributed by atoms with van der Waals surface area (Å²) in [6.45, 7) is 9.91. The van der Waals surface area contributed by atoms with Crippen LogP contribution in [0.15, 0.2) is 22.7 Å². The molecule has 0 heterocycles. The molecule has 1 saturated carbocycles. The first kappa shape index (κ1) is 15.8. The molecule has 3 heteroatoms. The fraction of sp³-hybridized carbons (Fsp3) is 0.647. The molecule has 20 heavy (non-hydrogen) atoms. The first-order chi connectivity index (χ1) is 9.65. The summed E-state index contributed by atoms with van der Waals surface area (Å²) in [5.74, 6) is 0.905. The first-order valence-corrected chi connectivity index (χ1v) is 8.72. The van der Waals surface area contributed by atoms with Crippen LogP contribution in [0.2, 0.25) is 0 Å². The van der Waals surface area contributed by atoms with Gasteiger partial charge in [0.25, 0.3) is 0 Å². The molecule has 0 radical (unpaired) electrons.